The number of carbonyl (C=O) groups is 2. The Bertz CT molecular complexity index is 773. The largest absolute Gasteiger partial charge is 0.484 e. The first-order valence-corrected chi connectivity index (χ1v) is 9.09. The molecule has 0 bridgehead atoms. The second kappa shape index (κ2) is 8.71. The van der Waals surface area contributed by atoms with E-state index in [1.165, 1.54) is 5.56 Å². The molecule has 0 saturated carbocycles. The number of anilines is 1. The molecule has 0 saturated heterocycles. The van der Waals surface area contributed by atoms with Crippen LogP contribution in [0, 0.1) is 0 Å². The summed E-state index contributed by atoms with van der Waals surface area (Å²) in [6.07, 6.45) is 0. The summed E-state index contributed by atoms with van der Waals surface area (Å²) in [5.74, 6) is 0.711. The predicted octanol–water partition coefficient (Wildman–Crippen LogP) is 4.36. The summed E-state index contributed by atoms with van der Waals surface area (Å²) >= 11 is 0. The molecule has 0 radical (unpaired) electrons. The van der Waals surface area contributed by atoms with Crippen LogP contribution in [-0.2, 0) is 4.79 Å². The molecule has 0 heterocycles. The van der Waals surface area contributed by atoms with E-state index in [4.69, 9.17) is 4.74 Å². The van der Waals surface area contributed by atoms with E-state index < -0.39 is 0 Å². The van der Waals surface area contributed by atoms with Gasteiger partial charge in [-0.3, -0.25) is 9.59 Å². The average molecular weight is 368 g/mol. The number of hydrogen-bond acceptors (Lipinski definition) is 3. The van der Waals surface area contributed by atoms with Crippen molar-refractivity contribution in [1.29, 1.82) is 0 Å². The highest BCUT2D eigenvalue weighted by Crippen LogP contribution is 2.18. The molecule has 0 unspecified atom stereocenters. The minimum atomic E-state index is -0.297. The quantitative estimate of drug-likeness (QED) is 0.796. The number of amides is 2. The van der Waals surface area contributed by atoms with Crippen molar-refractivity contribution < 1.29 is 14.3 Å². The van der Waals surface area contributed by atoms with Gasteiger partial charge in [-0.2, -0.15) is 0 Å². The topological polar surface area (TPSA) is 67.4 Å². The van der Waals surface area contributed by atoms with Gasteiger partial charge in [0.05, 0.1) is 0 Å². The molecule has 2 amide bonds. The van der Waals surface area contributed by atoms with Crippen molar-refractivity contribution in [2.75, 3.05) is 11.9 Å². The van der Waals surface area contributed by atoms with Crippen LogP contribution in [-0.4, -0.2) is 24.0 Å². The van der Waals surface area contributed by atoms with E-state index in [9.17, 15) is 9.59 Å². The third-order valence-corrected chi connectivity index (χ3v) is 3.84. The molecule has 0 spiro atoms. The molecule has 2 N–H and O–H groups in total. The lowest BCUT2D eigenvalue weighted by molar-refractivity contribution is -0.118. The Labute approximate surface area is 161 Å². The number of nitrogens with one attached hydrogen (secondary N) is 2. The van der Waals surface area contributed by atoms with Crippen LogP contribution in [0.15, 0.2) is 48.5 Å². The van der Waals surface area contributed by atoms with Crippen LogP contribution in [0.25, 0.3) is 0 Å². The molecular formula is C22H28N2O3. The summed E-state index contributed by atoms with van der Waals surface area (Å²) in [5.41, 5.74) is 2.09. The first-order valence-electron chi connectivity index (χ1n) is 9.09. The van der Waals surface area contributed by atoms with Crippen molar-refractivity contribution in [3.8, 4) is 5.75 Å². The molecule has 0 aromatic heterocycles. The van der Waals surface area contributed by atoms with Gasteiger partial charge in [0.15, 0.2) is 6.61 Å². The van der Waals surface area contributed by atoms with Gasteiger partial charge in [0.2, 0.25) is 0 Å². The number of hydrogen-bond donors (Lipinski definition) is 2. The summed E-state index contributed by atoms with van der Waals surface area (Å²) in [4.78, 5) is 24.2. The van der Waals surface area contributed by atoms with Crippen LogP contribution in [0.4, 0.5) is 5.69 Å². The second-order valence-electron chi connectivity index (χ2n) is 7.84. The first-order chi connectivity index (χ1) is 12.6. The minimum Gasteiger partial charge on any atom is -0.484 e. The van der Waals surface area contributed by atoms with Gasteiger partial charge in [-0.15, -0.1) is 0 Å². The fraction of sp³-hybridized carbons (Fsp3) is 0.364. The van der Waals surface area contributed by atoms with Gasteiger partial charge >= 0.3 is 0 Å². The molecule has 2 aromatic rings. The van der Waals surface area contributed by atoms with Crippen LogP contribution in [0.1, 0.15) is 56.5 Å². The van der Waals surface area contributed by atoms with Gasteiger partial charge in [-0.05, 0) is 68.7 Å². The first kappa shape index (κ1) is 20.5. The van der Waals surface area contributed by atoms with Crippen molar-refractivity contribution >= 4 is 17.5 Å². The van der Waals surface area contributed by atoms with Gasteiger partial charge in [0.1, 0.15) is 5.75 Å². The highest BCUT2D eigenvalue weighted by atomic mass is 16.5. The SMILES string of the molecule is CC(C)c1ccc(OCC(=O)Nc2ccc(C(=O)NC(C)(C)C)cc2)cc1. The van der Waals surface area contributed by atoms with Crippen LogP contribution in [0.3, 0.4) is 0 Å². The standard InChI is InChI=1S/C22H28N2O3/c1-15(2)16-8-12-19(13-9-16)27-14-20(25)23-18-10-6-17(7-11-18)21(26)24-22(3,4)5/h6-13,15H,14H2,1-5H3,(H,23,25)(H,24,26). The molecule has 2 aromatic carbocycles. The maximum Gasteiger partial charge on any atom is 0.262 e. The summed E-state index contributed by atoms with van der Waals surface area (Å²) in [7, 11) is 0. The van der Waals surface area contributed by atoms with Gasteiger partial charge in [0, 0.05) is 16.8 Å². The Kier molecular flexibility index (Phi) is 6.61. The van der Waals surface area contributed by atoms with E-state index in [1.807, 2.05) is 45.0 Å². The highest BCUT2D eigenvalue weighted by molar-refractivity contribution is 5.96. The zero-order valence-electron chi connectivity index (χ0n) is 16.6. The van der Waals surface area contributed by atoms with Crippen molar-refractivity contribution in [3.63, 3.8) is 0 Å². The molecule has 5 nitrogen and oxygen atoms in total. The molecule has 144 valence electrons. The number of ether oxygens (including phenoxy) is 1. The molecular weight excluding hydrogens is 340 g/mol. The predicted molar refractivity (Wildman–Crippen MR) is 108 cm³/mol. The minimum absolute atomic E-state index is 0.0761. The van der Waals surface area contributed by atoms with Crippen molar-refractivity contribution in [2.45, 2.75) is 46.1 Å². The third-order valence-electron chi connectivity index (χ3n) is 3.84. The maximum atomic E-state index is 12.1. The molecule has 0 atom stereocenters. The van der Waals surface area contributed by atoms with Crippen molar-refractivity contribution in [1.82, 2.24) is 5.32 Å². The third kappa shape index (κ3) is 6.77. The molecule has 27 heavy (non-hydrogen) atoms. The van der Waals surface area contributed by atoms with Gasteiger partial charge in [0.25, 0.3) is 11.8 Å². The fourth-order valence-electron chi connectivity index (χ4n) is 2.41. The van der Waals surface area contributed by atoms with E-state index in [-0.39, 0.29) is 24.0 Å². The fourth-order valence-corrected chi connectivity index (χ4v) is 2.41. The molecule has 0 aliphatic heterocycles. The lowest BCUT2D eigenvalue weighted by atomic mass is 10.0. The van der Waals surface area contributed by atoms with Crippen LogP contribution in [0.2, 0.25) is 0 Å². The zero-order chi connectivity index (χ0) is 20.0. The van der Waals surface area contributed by atoms with Crippen LogP contribution < -0.4 is 15.4 Å². The monoisotopic (exact) mass is 368 g/mol. The normalized spacial score (nSPS) is 11.2. The van der Waals surface area contributed by atoms with Gasteiger partial charge in [-0.1, -0.05) is 26.0 Å². The second-order valence-corrected chi connectivity index (χ2v) is 7.84. The van der Waals surface area contributed by atoms with Crippen molar-refractivity contribution in [3.05, 3.63) is 59.7 Å². The molecule has 2 rings (SSSR count). The summed E-state index contributed by atoms with van der Waals surface area (Å²) in [5, 5.41) is 5.66. The number of rotatable bonds is 6. The number of benzene rings is 2. The Morgan fingerprint density at radius 3 is 2.07 bits per heavy atom. The van der Waals surface area contributed by atoms with Crippen molar-refractivity contribution in [2.24, 2.45) is 0 Å². The van der Waals surface area contributed by atoms with E-state index in [2.05, 4.69) is 24.5 Å². The summed E-state index contributed by atoms with van der Waals surface area (Å²) in [6, 6.07) is 14.5. The Hall–Kier alpha value is -2.82. The Morgan fingerprint density at radius 1 is 0.963 bits per heavy atom. The van der Waals surface area contributed by atoms with E-state index in [0.29, 0.717) is 22.9 Å². The molecule has 0 aliphatic carbocycles. The lowest BCUT2D eigenvalue weighted by Gasteiger charge is -2.20. The summed E-state index contributed by atoms with van der Waals surface area (Å²) in [6.45, 7) is 9.96. The number of carbonyl (C=O) groups excluding carboxylic acids is 2. The summed E-state index contributed by atoms with van der Waals surface area (Å²) < 4.78 is 5.52. The van der Waals surface area contributed by atoms with Crippen LogP contribution >= 0.6 is 0 Å². The molecule has 0 aliphatic rings. The van der Waals surface area contributed by atoms with Gasteiger partial charge < -0.3 is 15.4 Å². The van der Waals surface area contributed by atoms with E-state index in [1.54, 1.807) is 24.3 Å². The molecule has 0 fully saturated rings. The molecule has 5 heteroatoms. The Balaban J connectivity index is 1.85. The van der Waals surface area contributed by atoms with Gasteiger partial charge in [-0.25, -0.2) is 0 Å². The van der Waals surface area contributed by atoms with E-state index in [0.717, 1.165) is 0 Å². The average Bonchev–Trinajstić information content (AvgIpc) is 2.59. The Morgan fingerprint density at radius 2 is 1.56 bits per heavy atom. The van der Waals surface area contributed by atoms with E-state index >= 15 is 0 Å². The smallest absolute Gasteiger partial charge is 0.262 e. The maximum absolute atomic E-state index is 12.1. The highest BCUT2D eigenvalue weighted by Gasteiger charge is 2.15. The zero-order valence-corrected chi connectivity index (χ0v) is 16.6. The lowest BCUT2D eigenvalue weighted by Crippen LogP contribution is -2.40. The van der Waals surface area contributed by atoms with Crippen LogP contribution in [0.5, 0.6) is 5.75 Å².